The van der Waals surface area contributed by atoms with Gasteiger partial charge in [0.1, 0.15) is 0 Å². The van der Waals surface area contributed by atoms with Crippen molar-refractivity contribution in [2.24, 2.45) is 5.73 Å². The van der Waals surface area contributed by atoms with E-state index in [1.807, 2.05) is 30.3 Å². The topological polar surface area (TPSA) is 95.5 Å². The summed E-state index contributed by atoms with van der Waals surface area (Å²) in [7, 11) is 0. The molecule has 1 saturated carbocycles. The van der Waals surface area contributed by atoms with E-state index in [1.165, 1.54) is 0 Å². The van der Waals surface area contributed by atoms with Crippen LogP contribution in [0.2, 0.25) is 0 Å². The van der Waals surface area contributed by atoms with E-state index >= 15 is 0 Å². The summed E-state index contributed by atoms with van der Waals surface area (Å²) in [5.41, 5.74) is 4.92. The number of ether oxygens (including phenoxy) is 1. The summed E-state index contributed by atoms with van der Waals surface area (Å²) >= 11 is 0. The van der Waals surface area contributed by atoms with Crippen LogP contribution in [0.15, 0.2) is 30.3 Å². The van der Waals surface area contributed by atoms with Crippen molar-refractivity contribution in [1.29, 1.82) is 0 Å². The maximum Gasteiger partial charge on any atom is 0.405 e. The second-order valence-corrected chi connectivity index (χ2v) is 5.20. The fraction of sp³-hybridized carbons (Fsp3) is 0.500. The van der Waals surface area contributed by atoms with Crippen LogP contribution in [0.3, 0.4) is 0 Å². The third kappa shape index (κ3) is 3.07. The van der Waals surface area contributed by atoms with Crippen LogP contribution in [0.25, 0.3) is 0 Å². The molecule has 108 valence electrons. The number of hydrogen-bond acceptors (Lipinski definition) is 4. The van der Waals surface area contributed by atoms with Crippen LogP contribution < -0.4 is 5.73 Å². The van der Waals surface area contributed by atoms with Gasteiger partial charge in [0.15, 0.2) is 5.60 Å². The zero-order valence-electron chi connectivity index (χ0n) is 11.2. The molecule has 2 atom stereocenters. The number of nitrogens with two attached hydrogens (primary N) is 1. The first kappa shape index (κ1) is 14.3. The molecule has 1 aliphatic carbocycles. The van der Waals surface area contributed by atoms with E-state index in [0.29, 0.717) is 19.3 Å². The normalized spacial score (nSPS) is 25.9. The van der Waals surface area contributed by atoms with Crippen molar-refractivity contribution < 1.29 is 14.5 Å². The molecule has 0 spiro atoms. The third-order valence-corrected chi connectivity index (χ3v) is 3.84. The molecule has 6 heteroatoms. The molecular weight excluding hydrogens is 260 g/mol. The Morgan fingerprint density at radius 1 is 1.40 bits per heavy atom. The van der Waals surface area contributed by atoms with Gasteiger partial charge in [-0.3, -0.25) is 10.1 Å². The average Bonchev–Trinajstić information content (AvgIpc) is 2.39. The molecule has 0 bridgehead atoms. The van der Waals surface area contributed by atoms with E-state index < -0.39 is 17.7 Å². The number of primary amides is 1. The van der Waals surface area contributed by atoms with Crippen LogP contribution in [-0.2, 0) is 11.2 Å². The number of benzene rings is 1. The van der Waals surface area contributed by atoms with Crippen LogP contribution in [0, 0.1) is 10.1 Å². The van der Waals surface area contributed by atoms with Gasteiger partial charge in [-0.15, -0.1) is 0 Å². The number of nitro groups is 1. The van der Waals surface area contributed by atoms with E-state index in [4.69, 9.17) is 10.5 Å². The van der Waals surface area contributed by atoms with Gasteiger partial charge in [-0.25, -0.2) is 4.79 Å². The predicted octanol–water partition coefficient (Wildman–Crippen LogP) is 2.28. The van der Waals surface area contributed by atoms with E-state index in [1.54, 1.807) is 0 Å². The minimum absolute atomic E-state index is 0.322. The minimum Gasteiger partial charge on any atom is -0.435 e. The van der Waals surface area contributed by atoms with Gasteiger partial charge in [0, 0.05) is 17.8 Å². The lowest BCUT2D eigenvalue weighted by molar-refractivity contribution is -0.548. The molecule has 1 aromatic rings. The molecular formula is C14H18N2O4. The van der Waals surface area contributed by atoms with E-state index in [-0.39, 0.29) is 4.92 Å². The Morgan fingerprint density at radius 2 is 2.10 bits per heavy atom. The number of rotatable bonds is 4. The van der Waals surface area contributed by atoms with Crippen LogP contribution in [-0.4, -0.2) is 22.7 Å². The van der Waals surface area contributed by atoms with Crippen molar-refractivity contribution in [2.45, 2.75) is 43.7 Å². The highest BCUT2D eigenvalue weighted by Crippen LogP contribution is 2.36. The van der Waals surface area contributed by atoms with Gasteiger partial charge < -0.3 is 10.5 Å². The van der Waals surface area contributed by atoms with E-state index in [0.717, 1.165) is 18.4 Å². The molecule has 0 saturated heterocycles. The third-order valence-electron chi connectivity index (χ3n) is 3.84. The minimum atomic E-state index is -1.13. The lowest BCUT2D eigenvalue weighted by Crippen LogP contribution is -2.54. The Labute approximate surface area is 117 Å². The maximum atomic E-state index is 11.3. The van der Waals surface area contributed by atoms with Gasteiger partial charge in [-0.05, 0) is 24.8 Å². The summed E-state index contributed by atoms with van der Waals surface area (Å²) in [5, 5.41) is 11.3. The Bertz CT molecular complexity index is 491. The predicted molar refractivity (Wildman–Crippen MR) is 72.8 cm³/mol. The summed E-state index contributed by atoms with van der Waals surface area (Å²) in [6, 6.07) is 8.44. The summed E-state index contributed by atoms with van der Waals surface area (Å²) in [4.78, 5) is 22.2. The van der Waals surface area contributed by atoms with Crippen LogP contribution in [0.1, 0.15) is 31.2 Å². The largest absolute Gasteiger partial charge is 0.435 e. The van der Waals surface area contributed by atoms with Crippen molar-refractivity contribution in [1.82, 2.24) is 0 Å². The van der Waals surface area contributed by atoms with Gasteiger partial charge in [0.25, 0.3) is 6.04 Å². The molecule has 0 heterocycles. The smallest absolute Gasteiger partial charge is 0.405 e. The summed E-state index contributed by atoms with van der Waals surface area (Å²) in [6.45, 7) is 0. The molecule has 2 unspecified atom stereocenters. The van der Waals surface area contributed by atoms with Crippen LogP contribution >= 0.6 is 0 Å². The standard InChI is InChI=1S/C14H18N2O4/c15-13(17)20-14(10-11-6-2-1-3-7-11)9-5-4-8-12(14)16(18)19/h1-3,6-7,12H,4-5,8-10H2,(H2,15,17). The molecule has 1 aliphatic rings. The van der Waals surface area contributed by atoms with E-state index in [2.05, 4.69) is 0 Å². The highest BCUT2D eigenvalue weighted by Gasteiger charge is 2.51. The monoisotopic (exact) mass is 278 g/mol. The zero-order chi connectivity index (χ0) is 14.6. The molecule has 2 N–H and O–H groups in total. The second kappa shape index (κ2) is 5.90. The summed E-state index contributed by atoms with van der Waals surface area (Å²) in [6.07, 6.45) is 1.82. The summed E-state index contributed by atoms with van der Waals surface area (Å²) in [5.74, 6) is 0. The average molecular weight is 278 g/mol. The highest BCUT2D eigenvalue weighted by atomic mass is 16.6. The Kier molecular flexibility index (Phi) is 4.22. The Balaban J connectivity index is 2.32. The quantitative estimate of drug-likeness (QED) is 0.675. The van der Waals surface area contributed by atoms with Gasteiger partial charge in [-0.1, -0.05) is 30.3 Å². The first-order valence-corrected chi connectivity index (χ1v) is 6.69. The van der Waals surface area contributed by atoms with Gasteiger partial charge >= 0.3 is 6.09 Å². The Hall–Kier alpha value is -2.11. The zero-order valence-corrected chi connectivity index (χ0v) is 11.2. The Morgan fingerprint density at radius 3 is 2.70 bits per heavy atom. The van der Waals surface area contributed by atoms with Crippen molar-refractivity contribution in [3.63, 3.8) is 0 Å². The maximum absolute atomic E-state index is 11.3. The molecule has 0 aromatic heterocycles. The van der Waals surface area contributed by atoms with Crippen LogP contribution in [0.4, 0.5) is 4.79 Å². The number of hydrogen-bond donors (Lipinski definition) is 1. The van der Waals surface area contributed by atoms with E-state index in [9.17, 15) is 14.9 Å². The fourth-order valence-electron chi connectivity index (χ4n) is 2.99. The number of carbonyl (C=O) groups excluding carboxylic acids is 1. The number of nitrogens with zero attached hydrogens (tertiary/aromatic N) is 1. The SMILES string of the molecule is NC(=O)OC1(Cc2ccccc2)CCCCC1[N+](=O)[O-]. The molecule has 20 heavy (non-hydrogen) atoms. The molecule has 1 fully saturated rings. The van der Waals surface area contributed by atoms with Gasteiger partial charge in [0.05, 0.1) is 0 Å². The molecule has 0 aliphatic heterocycles. The highest BCUT2D eigenvalue weighted by molar-refractivity contribution is 5.65. The molecule has 1 aromatic carbocycles. The molecule has 6 nitrogen and oxygen atoms in total. The van der Waals surface area contributed by atoms with Crippen molar-refractivity contribution in [3.8, 4) is 0 Å². The van der Waals surface area contributed by atoms with Crippen molar-refractivity contribution >= 4 is 6.09 Å². The lowest BCUT2D eigenvalue weighted by Gasteiger charge is -2.37. The van der Waals surface area contributed by atoms with Gasteiger partial charge in [0.2, 0.25) is 0 Å². The van der Waals surface area contributed by atoms with Crippen molar-refractivity contribution in [3.05, 3.63) is 46.0 Å². The second-order valence-electron chi connectivity index (χ2n) is 5.20. The summed E-state index contributed by atoms with van der Waals surface area (Å²) < 4.78 is 5.25. The fourth-order valence-corrected chi connectivity index (χ4v) is 2.99. The first-order valence-electron chi connectivity index (χ1n) is 6.69. The molecule has 1 amide bonds. The first-order chi connectivity index (χ1) is 9.53. The number of amides is 1. The number of carbonyl (C=O) groups is 1. The van der Waals surface area contributed by atoms with Crippen molar-refractivity contribution in [2.75, 3.05) is 0 Å². The lowest BCUT2D eigenvalue weighted by atomic mass is 9.76. The van der Waals surface area contributed by atoms with Gasteiger partial charge in [-0.2, -0.15) is 0 Å². The molecule has 0 radical (unpaired) electrons. The van der Waals surface area contributed by atoms with Crippen LogP contribution in [0.5, 0.6) is 0 Å². The molecule has 2 rings (SSSR count).